The van der Waals surface area contributed by atoms with Crippen LogP contribution in [0, 0.1) is 0 Å². The van der Waals surface area contributed by atoms with Crippen LogP contribution in [-0.2, 0) is 22.3 Å². The molecule has 0 radical (unpaired) electrons. The number of esters is 1. The van der Waals surface area contributed by atoms with Gasteiger partial charge in [-0.2, -0.15) is 18.3 Å². The smallest absolute Gasteiger partial charge is 0.435 e. The summed E-state index contributed by atoms with van der Waals surface area (Å²) in [6.45, 7) is 3.13. The molecule has 96 valence electrons. The predicted octanol–water partition coefficient (Wildman–Crippen LogP) is 2.20. The number of hydrogen-bond acceptors (Lipinski definition) is 3. The van der Waals surface area contributed by atoms with Crippen LogP contribution in [0.4, 0.5) is 13.2 Å². The minimum Gasteiger partial charge on any atom is -0.468 e. The van der Waals surface area contributed by atoms with Gasteiger partial charge in [-0.05, 0) is 12.0 Å². The fourth-order valence-corrected chi connectivity index (χ4v) is 1.35. The highest BCUT2D eigenvalue weighted by Crippen LogP contribution is 2.30. The second-order valence-corrected chi connectivity index (χ2v) is 3.84. The van der Waals surface area contributed by atoms with E-state index in [1.165, 1.54) is 7.11 Å². The van der Waals surface area contributed by atoms with Crippen LogP contribution in [0.15, 0.2) is 6.07 Å². The molecule has 1 aromatic heterocycles. The summed E-state index contributed by atoms with van der Waals surface area (Å²) in [5.41, 5.74) is -0.646. The second-order valence-electron chi connectivity index (χ2n) is 3.84. The Kier molecular flexibility index (Phi) is 3.79. The first kappa shape index (κ1) is 13.5. The van der Waals surface area contributed by atoms with E-state index in [-0.39, 0.29) is 12.5 Å². The van der Waals surface area contributed by atoms with Crippen molar-refractivity contribution in [3.63, 3.8) is 0 Å². The van der Waals surface area contributed by atoms with Crippen molar-refractivity contribution >= 4 is 5.97 Å². The number of carbonyl (C=O) groups is 1. The van der Waals surface area contributed by atoms with Crippen LogP contribution in [0.3, 0.4) is 0 Å². The summed E-state index contributed by atoms with van der Waals surface area (Å²) in [5, 5.41) is 3.38. The van der Waals surface area contributed by atoms with E-state index in [9.17, 15) is 18.0 Å². The third kappa shape index (κ3) is 3.21. The molecule has 0 aliphatic heterocycles. The third-order valence-corrected chi connectivity index (χ3v) is 2.20. The van der Waals surface area contributed by atoms with Gasteiger partial charge in [0.05, 0.1) is 7.11 Å². The maximum Gasteiger partial charge on any atom is 0.435 e. The maximum atomic E-state index is 12.5. The molecule has 0 N–H and O–H groups in total. The Hall–Kier alpha value is -1.53. The van der Waals surface area contributed by atoms with Crippen LogP contribution in [-0.4, -0.2) is 22.9 Å². The summed E-state index contributed by atoms with van der Waals surface area (Å²) in [4.78, 5) is 11.1. The Labute approximate surface area is 96.4 Å². The molecule has 0 bridgehead atoms. The summed E-state index contributed by atoms with van der Waals surface area (Å²) >= 11 is 0. The van der Waals surface area contributed by atoms with Gasteiger partial charge in [0.2, 0.25) is 0 Å². The van der Waals surface area contributed by atoms with E-state index in [0.717, 1.165) is 10.7 Å². The van der Waals surface area contributed by atoms with Gasteiger partial charge in [-0.1, -0.05) is 13.8 Å². The van der Waals surface area contributed by atoms with Gasteiger partial charge in [0.15, 0.2) is 5.69 Å². The number of nitrogens with zero attached hydrogens (tertiary/aromatic N) is 2. The fourth-order valence-electron chi connectivity index (χ4n) is 1.35. The monoisotopic (exact) mass is 250 g/mol. The van der Waals surface area contributed by atoms with Gasteiger partial charge in [0.25, 0.3) is 0 Å². The zero-order valence-corrected chi connectivity index (χ0v) is 9.71. The summed E-state index contributed by atoms with van der Waals surface area (Å²) in [5.74, 6) is -0.799. The Bertz CT molecular complexity index is 410. The van der Waals surface area contributed by atoms with E-state index in [4.69, 9.17) is 0 Å². The maximum absolute atomic E-state index is 12.5. The predicted molar refractivity (Wildman–Crippen MR) is 53.3 cm³/mol. The minimum absolute atomic E-state index is 0.164. The third-order valence-electron chi connectivity index (χ3n) is 2.20. The van der Waals surface area contributed by atoms with E-state index < -0.39 is 17.8 Å². The number of alkyl halides is 3. The van der Waals surface area contributed by atoms with Crippen molar-refractivity contribution in [1.29, 1.82) is 0 Å². The Balaban J connectivity index is 3.10. The zero-order chi connectivity index (χ0) is 13.2. The molecule has 0 fully saturated rings. The first-order chi connectivity index (χ1) is 7.75. The highest BCUT2D eigenvalue weighted by molar-refractivity contribution is 5.68. The molecule has 7 heteroatoms. The number of aromatic nitrogens is 2. The standard InChI is InChI=1S/C10H13F3N2O2/c1-6(2)7-4-8(10(11,12)13)14-15(7)5-9(16)17-3/h4,6H,5H2,1-3H3. The lowest BCUT2D eigenvalue weighted by Crippen LogP contribution is -2.16. The number of methoxy groups -OCH3 is 1. The molecule has 1 rings (SSSR count). The summed E-state index contributed by atoms with van der Waals surface area (Å²) < 4.78 is 42.8. The Morgan fingerprint density at radius 2 is 2.12 bits per heavy atom. The van der Waals surface area contributed by atoms with Crippen molar-refractivity contribution < 1.29 is 22.7 Å². The highest BCUT2D eigenvalue weighted by Gasteiger charge is 2.35. The molecule has 4 nitrogen and oxygen atoms in total. The number of hydrogen-bond donors (Lipinski definition) is 0. The molecule has 0 aliphatic carbocycles. The second kappa shape index (κ2) is 4.77. The molecular formula is C10H13F3N2O2. The highest BCUT2D eigenvalue weighted by atomic mass is 19.4. The van der Waals surface area contributed by atoms with E-state index in [1.807, 2.05) is 0 Å². The van der Waals surface area contributed by atoms with Crippen molar-refractivity contribution in [3.05, 3.63) is 17.5 Å². The topological polar surface area (TPSA) is 44.1 Å². The number of rotatable bonds is 3. The molecular weight excluding hydrogens is 237 g/mol. The molecule has 17 heavy (non-hydrogen) atoms. The normalized spacial score (nSPS) is 11.9. The number of ether oxygens (including phenoxy) is 1. The minimum atomic E-state index is -4.51. The van der Waals surface area contributed by atoms with Crippen LogP contribution in [0.1, 0.15) is 31.2 Å². The van der Waals surface area contributed by atoms with Crippen LogP contribution in [0.5, 0.6) is 0 Å². The lowest BCUT2D eigenvalue weighted by molar-refractivity contribution is -0.144. The van der Waals surface area contributed by atoms with E-state index in [1.54, 1.807) is 13.8 Å². The first-order valence-corrected chi connectivity index (χ1v) is 4.97. The van der Waals surface area contributed by atoms with Gasteiger partial charge in [-0.3, -0.25) is 9.48 Å². The average Bonchev–Trinajstić information content (AvgIpc) is 2.61. The van der Waals surface area contributed by atoms with Gasteiger partial charge >= 0.3 is 12.1 Å². The van der Waals surface area contributed by atoms with Crippen LogP contribution >= 0.6 is 0 Å². The Morgan fingerprint density at radius 1 is 1.53 bits per heavy atom. The van der Waals surface area contributed by atoms with Gasteiger partial charge in [0, 0.05) is 5.69 Å². The lowest BCUT2D eigenvalue weighted by Gasteiger charge is -2.08. The summed E-state index contributed by atoms with van der Waals surface area (Å²) in [6.07, 6.45) is -4.51. The van der Waals surface area contributed by atoms with Crippen LogP contribution < -0.4 is 0 Å². The first-order valence-electron chi connectivity index (χ1n) is 4.97. The van der Waals surface area contributed by atoms with Gasteiger partial charge in [-0.25, -0.2) is 0 Å². The molecule has 0 atom stereocenters. The lowest BCUT2D eigenvalue weighted by atomic mass is 10.1. The van der Waals surface area contributed by atoms with Crippen molar-refractivity contribution in [3.8, 4) is 0 Å². The van der Waals surface area contributed by atoms with E-state index in [2.05, 4.69) is 9.84 Å². The molecule has 0 aromatic carbocycles. The molecule has 1 heterocycles. The van der Waals surface area contributed by atoms with Crippen molar-refractivity contribution in [2.75, 3.05) is 7.11 Å². The molecule has 0 saturated heterocycles. The van der Waals surface area contributed by atoms with Gasteiger partial charge < -0.3 is 4.74 Å². The number of carbonyl (C=O) groups excluding carboxylic acids is 1. The van der Waals surface area contributed by atoms with E-state index >= 15 is 0 Å². The van der Waals surface area contributed by atoms with Crippen LogP contribution in [0.2, 0.25) is 0 Å². The van der Waals surface area contributed by atoms with Crippen LogP contribution in [0.25, 0.3) is 0 Å². The van der Waals surface area contributed by atoms with E-state index in [0.29, 0.717) is 5.69 Å². The molecule has 0 spiro atoms. The zero-order valence-electron chi connectivity index (χ0n) is 9.71. The summed E-state index contributed by atoms with van der Waals surface area (Å²) in [6, 6.07) is 0.952. The largest absolute Gasteiger partial charge is 0.468 e. The van der Waals surface area contributed by atoms with Gasteiger partial charge in [0.1, 0.15) is 6.54 Å². The molecule has 0 amide bonds. The molecule has 0 saturated carbocycles. The molecule has 1 aromatic rings. The SMILES string of the molecule is COC(=O)Cn1nc(C(F)(F)F)cc1C(C)C. The van der Waals surface area contributed by atoms with Crippen molar-refractivity contribution in [2.45, 2.75) is 32.5 Å². The Morgan fingerprint density at radius 3 is 2.53 bits per heavy atom. The van der Waals surface area contributed by atoms with Crippen molar-refractivity contribution in [1.82, 2.24) is 9.78 Å². The number of halogens is 3. The van der Waals surface area contributed by atoms with Crippen molar-refractivity contribution in [2.24, 2.45) is 0 Å². The summed E-state index contributed by atoms with van der Waals surface area (Å²) in [7, 11) is 1.17. The fraction of sp³-hybridized carbons (Fsp3) is 0.600. The quantitative estimate of drug-likeness (QED) is 0.772. The average molecular weight is 250 g/mol. The molecule has 0 unspecified atom stereocenters. The molecule has 0 aliphatic rings. The van der Waals surface area contributed by atoms with Gasteiger partial charge in [-0.15, -0.1) is 0 Å².